The topological polar surface area (TPSA) is 85.3 Å². The van der Waals surface area contributed by atoms with Crippen molar-refractivity contribution >= 4 is 17.4 Å². The van der Waals surface area contributed by atoms with Crippen molar-refractivity contribution in [3.63, 3.8) is 0 Å². The third kappa shape index (κ3) is 5.16. The molecule has 37 heavy (non-hydrogen) atoms. The highest BCUT2D eigenvalue weighted by atomic mass is 16.5. The summed E-state index contributed by atoms with van der Waals surface area (Å²) in [5, 5.41) is 11.3. The predicted octanol–water partition coefficient (Wildman–Crippen LogP) is 5.42. The van der Waals surface area contributed by atoms with Crippen molar-refractivity contribution in [2.45, 2.75) is 32.9 Å². The van der Waals surface area contributed by atoms with Gasteiger partial charge in [0, 0.05) is 12.1 Å². The van der Waals surface area contributed by atoms with Crippen LogP contribution in [0.5, 0.6) is 17.2 Å². The lowest BCUT2D eigenvalue weighted by Crippen LogP contribution is -2.30. The number of carbonyl (C=O) groups excluding carboxylic acids is 2. The van der Waals surface area contributed by atoms with Gasteiger partial charge in [0.1, 0.15) is 18.1 Å². The zero-order valence-corrected chi connectivity index (χ0v) is 21.5. The molecule has 1 saturated heterocycles. The van der Waals surface area contributed by atoms with E-state index in [2.05, 4.69) is 0 Å². The average Bonchev–Trinajstić information content (AvgIpc) is 3.17. The van der Waals surface area contributed by atoms with Gasteiger partial charge in [0.15, 0.2) is 11.5 Å². The first-order valence-electron chi connectivity index (χ1n) is 12.2. The van der Waals surface area contributed by atoms with Crippen LogP contribution < -0.4 is 14.2 Å². The standard InChI is InChI=1S/C30H31NO6/c1-5-15-31-27(21-11-14-24(25(17-21)36-4)37-18-20-9-7-6-8-10-20)26(29(33)30(31)34)28(32)23-13-12-22(35-3)16-19(23)2/h6-14,16-17,27,32H,5,15,18H2,1-4H3/b28-26+. The van der Waals surface area contributed by atoms with E-state index in [1.54, 1.807) is 43.5 Å². The van der Waals surface area contributed by atoms with Gasteiger partial charge in [0.05, 0.1) is 25.8 Å². The van der Waals surface area contributed by atoms with Gasteiger partial charge in [-0.3, -0.25) is 9.59 Å². The number of carbonyl (C=O) groups is 2. The Morgan fingerprint density at radius 1 is 0.946 bits per heavy atom. The van der Waals surface area contributed by atoms with E-state index in [9.17, 15) is 14.7 Å². The van der Waals surface area contributed by atoms with Crippen LogP contribution in [0.2, 0.25) is 0 Å². The Kier molecular flexibility index (Phi) is 7.82. The van der Waals surface area contributed by atoms with Crippen molar-refractivity contribution in [1.82, 2.24) is 4.90 Å². The highest BCUT2D eigenvalue weighted by molar-refractivity contribution is 6.46. The van der Waals surface area contributed by atoms with Crippen LogP contribution in [0.3, 0.4) is 0 Å². The number of methoxy groups -OCH3 is 2. The first-order valence-corrected chi connectivity index (χ1v) is 12.2. The van der Waals surface area contributed by atoms with Gasteiger partial charge in [-0.2, -0.15) is 0 Å². The number of ether oxygens (including phenoxy) is 3. The molecular formula is C30H31NO6. The molecule has 3 aromatic rings. The van der Waals surface area contributed by atoms with Gasteiger partial charge in [0.2, 0.25) is 0 Å². The highest BCUT2D eigenvalue weighted by Crippen LogP contribution is 2.42. The lowest BCUT2D eigenvalue weighted by Gasteiger charge is -2.25. The van der Waals surface area contributed by atoms with Gasteiger partial charge in [-0.05, 0) is 60.4 Å². The van der Waals surface area contributed by atoms with Crippen molar-refractivity contribution in [3.8, 4) is 17.2 Å². The molecule has 7 heteroatoms. The van der Waals surface area contributed by atoms with Gasteiger partial charge in [-0.15, -0.1) is 0 Å². The lowest BCUT2D eigenvalue weighted by atomic mass is 9.93. The largest absolute Gasteiger partial charge is 0.507 e. The second kappa shape index (κ2) is 11.2. The molecule has 4 rings (SSSR count). The quantitative estimate of drug-likeness (QED) is 0.239. The van der Waals surface area contributed by atoms with Crippen LogP contribution in [0.25, 0.3) is 5.76 Å². The van der Waals surface area contributed by atoms with Crippen LogP contribution in [0, 0.1) is 6.92 Å². The number of likely N-dealkylation sites (tertiary alicyclic amines) is 1. The van der Waals surface area contributed by atoms with E-state index in [1.807, 2.05) is 44.2 Å². The molecule has 1 heterocycles. The molecule has 192 valence electrons. The molecule has 0 saturated carbocycles. The normalized spacial score (nSPS) is 16.6. The molecule has 0 aromatic heterocycles. The van der Waals surface area contributed by atoms with Gasteiger partial charge in [0.25, 0.3) is 11.7 Å². The number of aliphatic hydroxyl groups is 1. The number of aliphatic hydroxyl groups excluding tert-OH is 1. The first-order chi connectivity index (χ1) is 17.9. The van der Waals surface area contributed by atoms with E-state index in [4.69, 9.17) is 14.2 Å². The van der Waals surface area contributed by atoms with Crippen LogP contribution in [0.4, 0.5) is 0 Å². The van der Waals surface area contributed by atoms with Crippen molar-refractivity contribution < 1.29 is 28.9 Å². The minimum atomic E-state index is -0.765. The van der Waals surface area contributed by atoms with Crippen LogP contribution >= 0.6 is 0 Å². The number of Topliss-reactive ketones (excluding diaryl/α,β-unsaturated/α-hetero) is 1. The SMILES string of the molecule is CCCN1C(=O)C(=O)/C(=C(/O)c2ccc(OC)cc2C)C1c1ccc(OCc2ccccc2)c(OC)c1. The summed E-state index contributed by atoms with van der Waals surface area (Å²) in [6, 6.07) is 19.5. The second-order valence-corrected chi connectivity index (χ2v) is 8.86. The molecule has 1 aliphatic heterocycles. The molecule has 1 amide bonds. The smallest absolute Gasteiger partial charge is 0.295 e. The Labute approximate surface area is 216 Å². The zero-order valence-electron chi connectivity index (χ0n) is 21.5. The maximum absolute atomic E-state index is 13.2. The van der Waals surface area contributed by atoms with Crippen molar-refractivity contribution in [1.29, 1.82) is 0 Å². The molecule has 1 unspecified atom stereocenters. The summed E-state index contributed by atoms with van der Waals surface area (Å²) in [7, 11) is 3.10. The van der Waals surface area contributed by atoms with Crippen LogP contribution in [0.1, 0.15) is 41.6 Å². The summed E-state index contributed by atoms with van der Waals surface area (Å²) in [5.74, 6) is 0.0699. The Morgan fingerprint density at radius 3 is 2.35 bits per heavy atom. The van der Waals surface area contributed by atoms with Crippen molar-refractivity contribution in [3.05, 3.63) is 94.6 Å². The lowest BCUT2D eigenvalue weighted by molar-refractivity contribution is -0.139. The number of benzene rings is 3. The monoisotopic (exact) mass is 501 g/mol. The molecule has 7 nitrogen and oxygen atoms in total. The summed E-state index contributed by atoms with van der Waals surface area (Å²) in [6.45, 7) is 4.48. The summed E-state index contributed by atoms with van der Waals surface area (Å²) in [5.41, 5.74) is 2.89. The van der Waals surface area contributed by atoms with E-state index < -0.39 is 17.7 Å². The van der Waals surface area contributed by atoms with Crippen molar-refractivity contribution in [2.75, 3.05) is 20.8 Å². The summed E-state index contributed by atoms with van der Waals surface area (Å²) >= 11 is 0. The third-order valence-corrected chi connectivity index (χ3v) is 6.43. The molecule has 0 bridgehead atoms. The summed E-state index contributed by atoms with van der Waals surface area (Å²) < 4.78 is 16.9. The Hall–Kier alpha value is -4.26. The minimum Gasteiger partial charge on any atom is -0.507 e. The maximum atomic E-state index is 13.2. The maximum Gasteiger partial charge on any atom is 0.295 e. The number of ketones is 1. The number of hydrogen-bond acceptors (Lipinski definition) is 6. The number of aryl methyl sites for hydroxylation is 1. The van der Waals surface area contributed by atoms with E-state index in [0.29, 0.717) is 47.9 Å². The predicted molar refractivity (Wildman–Crippen MR) is 141 cm³/mol. The zero-order chi connectivity index (χ0) is 26.5. The molecule has 0 radical (unpaired) electrons. The van der Waals surface area contributed by atoms with Gasteiger partial charge < -0.3 is 24.2 Å². The molecule has 1 fully saturated rings. The molecule has 0 spiro atoms. The summed E-state index contributed by atoms with van der Waals surface area (Å²) in [6.07, 6.45) is 0.653. The van der Waals surface area contributed by atoms with Gasteiger partial charge in [-0.1, -0.05) is 43.3 Å². The molecule has 0 aliphatic carbocycles. The average molecular weight is 502 g/mol. The van der Waals surface area contributed by atoms with E-state index in [1.165, 1.54) is 12.0 Å². The molecule has 1 N–H and O–H groups in total. The fourth-order valence-corrected chi connectivity index (χ4v) is 4.58. The van der Waals surface area contributed by atoms with Crippen LogP contribution in [-0.4, -0.2) is 42.5 Å². The van der Waals surface area contributed by atoms with E-state index >= 15 is 0 Å². The fourth-order valence-electron chi connectivity index (χ4n) is 4.58. The Morgan fingerprint density at radius 2 is 1.70 bits per heavy atom. The fraction of sp³-hybridized carbons (Fsp3) is 0.267. The van der Waals surface area contributed by atoms with Crippen LogP contribution in [0.15, 0.2) is 72.3 Å². The third-order valence-electron chi connectivity index (χ3n) is 6.43. The summed E-state index contributed by atoms with van der Waals surface area (Å²) in [4.78, 5) is 27.8. The number of hydrogen-bond donors (Lipinski definition) is 1. The number of rotatable bonds is 9. The second-order valence-electron chi connectivity index (χ2n) is 8.86. The number of nitrogens with zero attached hydrogens (tertiary/aromatic N) is 1. The first kappa shape index (κ1) is 25.8. The molecular weight excluding hydrogens is 470 g/mol. The number of amides is 1. The van der Waals surface area contributed by atoms with Crippen molar-refractivity contribution in [2.24, 2.45) is 0 Å². The highest BCUT2D eigenvalue weighted by Gasteiger charge is 2.46. The van der Waals surface area contributed by atoms with E-state index in [0.717, 1.165) is 11.1 Å². The van der Waals surface area contributed by atoms with Gasteiger partial charge in [-0.25, -0.2) is 0 Å². The molecule has 1 atom stereocenters. The van der Waals surface area contributed by atoms with Gasteiger partial charge >= 0.3 is 0 Å². The minimum absolute atomic E-state index is 0.0479. The Balaban J connectivity index is 1.77. The molecule has 1 aliphatic rings. The van der Waals surface area contributed by atoms with Crippen LogP contribution in [-0.2, 0) is 16.2 Å². The van der Waals surface area contributed by atoms with E-state index in [-0.39, 0.29) is 11.3 Å². The molecule has 3 aromatic carbocycles. The Bertz CT molecular complexity index is 1330.